The van der Waals surface area contributed by atoms with Gasteiger partial charge >= 0.3 is 0 Å². The van der Waals surface area contributed by atoms with Gasteiger partial charge in [-0.3, -0.25) is 4.68 Å². The van der Waals surface area contributed by atoms with Crippen LogP contribution in [0.25, 0.3) is 10.8 Å². The number of benzene rings is 2. The molecule has 2 N–H and O–H groups in total. The van der Waals surface area contributed by atoms with E-state index in [0.717, 1.165) is 24.4 Å². The number of hydrogen-bond donors (Lipinski definition) is 2. The van der Waals surface area contributed by atoms with Gasteiger partial charge in [-0.05, 0) is 43.5 Å². The number of hydrogen-bond acceptors (Lipinski definition) is 3. The van der Waals surface area contributed by atoms with Crippen LogP contribution in [0, 0.1) is 13.8 Å². The molecule has 4 nitrogen and oxygen atoms in total. The molecule has 2 aromatic carbocycles. The van der Waals surface area contributed by atoms with E-state index in [1.165, 1.54) is 21.9 Å². The van der Waals surface area contributed by atoms with Crippen molar-refractivity contribution in [1.82, 2.24) is 15.1 Å². The van der Waals surface area contributed by atoms with Crippen LogP contribution in [0.1, 0.15) is 29.4 Å². The van der Waals surface area contributed by atoms with Crippen molar-refractivity contribution >= 4 is 10.8 Å². The summed E-state index contributed by atoms with van der Waals surface area (Å²) in [5.41, 5.74) is 4.76. The van der Waals surface area contributed by atoms with Gasteiger partial charge in [0.2, 0.25) is 0 Å². The molecule has 3 aromatic rings. The molecule has 0 amide bonds. The molecule has 132 valence electrons. The van der Waals surface area contributed by atoms with Crippen molar-refractivity contribution in [2.75, 3.05) is 6.61 Å². The molecule has 0 radical (unpaired) electrons. The van der Waals surface area contributed by atoms with Crippen LogP contribution in [-0.4, -0.2) is 27.5 Å². The van der Waals surface area contributed by atoms with Crippen molar-refractivity contribution in [3.63, 3.8) is 0 Å². The van der Waals surface area contributed by atoms with E-state index in [0.29, 0.717) is 12.6 Å². The Morgan fingerprint density at radius 3 is 2.64 bits per heavy atom. The Hall–Kier alpha value is -2.17. The first-order valence-corrected chi connectivity index (χ1v) is 8.93. The molecule has 3 rings (SSSR count). The number of aliphatic hydroxyl groups excluding tert-OH is 1. The maximum atomic E-state index is 9.13. The van der Waals surface area contributed by atoms with Crippen molar-refractivity contribution in [2.45, 2.75) is 46.3 Å². The predicted octanol–water partition coefficient (Wildman–Crippen LogP) is 3.37. The van der Waals surface area contributed by atoms with Gasteiger partial charge in [0.25, 0.3) is 0 Å². The fourth-order valence-corrected chi connectivity index (χ4v) is 3.37. The highest BCUT2D eigenvalue weighted by molar-refractivity contribution is 5.82. The third-order valence-corrected chi connectivity index (χ3v) is 4.83. The number of fused-ring (bicyclic) bond motifs is 1. The molecule has 1 heterocycles. The van der Waals surface area contributed by atoms with Crippen LogP contribution in [0.15, 0.2) is 42.5 Å². The Balaban J connectivity index is 1.63. The molecule has 1 atom stereocenters. The van der Waals surface area contributed by atoms with Gasteiger partial charge < -0.3 is 10.4 Å². The van der Waals surface area contributed by atoms with Crippen LogP contribution in [-0.2, 0) is 19.5 Å². The van der Waals surface area contributed by atoms with Gasteiger partial charge in [0.05, 0.1) is 18.8 Å². The lowest BCUT2D eigenvalue weighted by Gasteiger charge is -2.15. The molecular formula is C21H27N3O. The summed E-state index contributed by atoms with van der Waals surface area (Å²) < 4.78 is 1.89. The Kier molecular flexibility index (Phi) is 5.51. The Morgan fingerprint density at radius 1 is 1.12 bits per heavy atom. The predicted molar refractivity (Wildman–Crippen MR) is 103 cm³/mol. The SMILES string of the molecule is Cc1nn(CCO)c(C)c1CN[C@H](C)Cc1ccc2ccccc2c1. The molecule has 0 fully saturated rings. The first-order valence-electron chi connectivity index (χ1n) is 8.93. The molecule has 0 saturated carbocycles. The van der Waals surface area contributed by atoms with Gasteiger partial charge in [0, 0.05) is 23.8 Å². The summed E-state index contributed by atoms with van der Waals surface area (Å²) in [5, 5.41) is 19.8. The van der Waals surface area contributed by atoms with Crippen molar-refractivity contribution in [3.05, 3.63) is 65.0 Å². The fraction of sp³-hybridized carbons (Fsp3) is 0.381. The van der Waals surface area contributed by atoms with Crippen molar-refractivity contribution in [3.8, 4) is 0 Å². The highest BCUT2D eigenvalue weighted by Gasteiger charge is 2.12. The molecule has 4 heteroatoms. The number of aromatic nitrogens is 2. The average molecular weight is 337 g/mol. The third kappa shape index (κ3) is 4.09. The quantitative estimate of drug-likeness (QED) is 0.695. The number of rotatable bonds is 7. The molecular weight excluding hydrogens is 310 g/mol. The van der Waals surface area contributed by atoms with Gasteiger partial charge in [0.1, 0.15) is 0 Å². The minimum atomic E-state index is 0.118. The zero-order valence-corrected chi connectivity index (χ0v) is 15.3. The minimum Gasteiger partial charge on any atom is -0.394 e. The number of aliphatic hydroxyl groups is 1. The lowest BCUT2D eigenvalue weighted by Crippen LogP contribution is -2.28. The lowest BCUT2D eigenvalue weighted by atomic mass is 10.0. The van der Waals surface area contributed by atoms with E-state index in [2.05, 4.69) is 66.7 Å². The van der Waals surface area contributed by atoms with E-state index in [9.17, 15) is 0 Å². The smallest absolute Gasteiger partial charge is 0.0644 e. The Morgan fingerprint density at radius 2 is 1.88 bits per heavy atom. The van der Waals surface area contributed by atoms with Crippen LogP contribution in [0.3, 0.4) is 0 Å². The highest BCUT2D eigenvalue weighted by Crippen LogP contribution is 2.17. The van der Waals surface area contributed by atoms with Crippen molar-refractivity contribution in [1.29, 1.82) is 0 Å². The number of aryl methyl sites for hydroxylation is 1. The molecule has 0 spiro atoms. The maximum Gasteiger partial charge on any atom is 0.0644 e. The summed E-state index contributed by atoms with van der Waals surface area (Å²) >= 11 is 0. The molecule has 0 aliphatic heterocycles. The number of nitrogens with zero attached hydrogens (tertiary/aromatic N) is 2. The van der Waals surface area contributed by atoms with Crippen LogP contribution < -0.4 is 5.32 Å². The summed E-state index contributed by atoms with van der Waals surface area (Å²) in [7, 11) is 0. The Bertz CT molecular complexity index is 853. The zero-order valence-electron chi connectivity index (χ0n) is 15.3. The average Bonchev–Trinajstić information content (AvgIpc) is 2.87. The molecule has 0 aliphatic carbocycles. The van der Waals surface area contributed by atoms with Gasteiger partial charge in [-0.1, -0.05) is 42.5 Å². The van der Waals surface area contributed by atoms with E-state index in [1.54, 1.807) is 0 Å². The molecule has 0 bridgehead atoms. The fourth-order valence-electron chi connectivity index (χ4n) is 3.37. The Labute approximate surface area is 149 Å². The van der Waals surface area contributed by atoms with Crippen LogP contribution >= 0.6 is 0 Å². The summed E-state index contributed by atoms with van der Waals surface area (Å²) in [6.45, 7) is 7.80. The van der Waals surface area contributed by atoms with E-state index in [-0.39, 0.29) is 6.61 Å². The maximum absolute atomic E-state index is 9.13. The van der Waals surface area contributed by atoms with E-state index in [1.807, 2.05) is 11.6 Å². The molecule has 25 heavy (non-hydrogen) atoms. The highest BCUT2D eigenvalue weighted by atomic mass is 16.3. The van der Waals surface area contributed by atoms with Gasteiger partial charge in [-0.25, -0.2) is 0 Å². The van der Waals surface area contributed by atoms with Crippen molar-refractivity contribution < 1.29 is 5.11 Å². The first kappa shape index (κ1) is 17.6. The summed E-state index contributed by atoms with van der Waals surface area (Å²) in [5.74, 6) is 0. The summed E-state index contributed by atoms with van der Waals surface area (Å²) in [6.07, 6.45) is 0.994. The normalized spacial score (nSPS) is 12.6. The van der Waals surface area contributed by atoms with Gasteiger partial charge in [0.15, 0.2) is 0 Å². The van der Waals surface area contributed by atoms with Crippen LogP contribution in [0.4, 0.5) is 0 Å². The van der Waals surface area contributed by atoms with Crippen LogP contribution in [0.2, 0.25) is 0 Å². The van der Waals surface area contributed by atoms with Gasteiger partial charge in [-0.2, -0.15) is 5.10 Å². The second-order valence-electron chi connectivity index (χ2n) is 6.76. The molecule has 0 aliphatic rings. The zero-order chi connectivity index (χ0) is 17.8. The standard InChI is InChI=1S/C21H27N3O/c1-15(12-18-8-9-19-6-4-5-7-20(19)13-18)22-14-21-16(2)23-24(10-11-25)17(21)3/h4-9,13,15,22,25H,10-12,14H2,1-3H3/t15-/m1/s1. The minimum absolute atomic E-state index is 0.118. The van der Waals surface area contributed by atoms with E-state index >= 15 is 0 Å². The topological polar surface area (TPSA) is 50.1 Å². The summed E-state index contributed by atoms with van der Waals surface area (Å²) in [4.78, 5) is 0. The third-order valence-electron chi connectivity index (χ3n) is 4.83. The summed E-state index contributed by atoms with van der Waals surface area (Å²) in [6, 6.07) is 15.6. The number of nitrogens with one attached hydrogen (secondary N) is 1. The van der Waals surface area contributed by atoms with Crippen molar-refractivity contribution in [2.24, 2.45) is 0 Å². The molecule has 0 saturated heterocycles. The van der Waals surface area contributed by atoms with Gasteiger partial charge in [-0.15, -0.1) is 0 Å². The molecule has 1 aromatic heterocycles. The van der Waals surface area contributed by atoms with Crippen LogP contribution in [0.5, 0.6) is 0 Å². The first-order chi connectivity index (χ1) is 12.1. The van der Waals surface area contributed by atoms with E-state index in [4.69, 9.17) is 5.11 Å². The molecule has 0 unspecified atom stereocenters. The lowest BCUT2D eigenvalue weighted by molar-refractivity contribution is 0.267. The second kappa shape index (κ2) is 7.81. The largest absolute Gasteiger partial charge is 0.394 e. The second-order valence-corrected chi connectivity index (χ2v) is 6.76. The monoisotopic (exact) mass is 337 g/mol. The van der Waals surface area contributed by atoms with E-state index < -0.39 is 0 Å².